The minimum Gasteiger partial charge on any atom is -0.469 e. The third-order valence-electron chi connectivity index (χ3n) is 2.46. The Balaban J connectivity index is 2.46. The number of rotatable bonds is 1. The largest absolute Gasteiger partial charge is 0.469 e. The zero-order valence-corrected chi connectivity index (χ0v) is 9.47. The van der Waals surface area contributed by atoms with E-state index in [1.54, 1.807) is 0 Å². The van der Waals surface area contributed by atoms with Crippen LogP contribution >= 0.6 is 23.2 Å². The molecule has 2 rings (SSSR count). The van der Waals surface area contributed by atoms with E-state index in [1.165, 1.54) is 7.11 Å². The maximum absolute atomic E-state index is 11.4. The van der Waals surface area contributed by atoms with E-state index in [-0.39, 0.29) is 17.2 Å². The Kier molecular flexibility index (Phi) is 2.80. The molecule has 1 unspecified atom stereocenters. The van der Waals surface area contributed by atoms with Gasteiger partial charge < -0.3 is 4.74 Å². The molecule has 1 heterocycles. The molecule has 0 amide bonds. The van der Waals surface area contributed by atoms with Crippen molar-refractivity contribution in [1.29, 1.82) is 0 Å². The topological polar surface area (TPSA) is 52.1 Å². The molecule has 0 saturated heterocycles. The lowest BCUT2D eigenvalue weighted by molar-refractivity contribution is -0.142. The van der Waals surface area contributed by atoms with Gasteiger partial charge in [0.15, 0.2) is 0 Å². The third kappa shape index (κ3) is 1.79. The first-order valence-corrected chi connectivity index (χ1v) is 5.18. The smallest absolute Gasteiger partial charge is 0.314 e. The van der Waals surface area contributed by atoms with Crippen LogP contribution in [0, 0.1) is 0 Å². The lowest BCUT2D eigenvalue weighted by Crippen LogP contribution is -2.12. The summed E-state index contributed by atoms with van der Waals surface area (Å²) in [5, 5.41) is 0.394. The third-order valence-corrected chi connectivity index (χ3v) is 2.94. The molecule has 80 valence electrons. The molecule has 0 radical (unpaired) electrons. The maximum Gasteiger partial charge on any atom is 0.314 e. The highest BCUT2D eigenvalue weighted by atomic mass is 35.5. The number of carbonyl (C=O) groups is 1. The summed E-state index contributed by atoms with van der Waals surface area (Å²) in [6.07, 6.45) is 1.34. The first-order chi connectivity index (χ1) is 7.13. The van der Waals surface area contributed by atoms with E-state index in [1.807, 2.05) is 0 Å². The van der Waals surface area contributed by atoms with Gasteiger partial charge in [-0.25, -0.2) is 9.97 Å². The van der Waals surface area contributed by atoms with E-state index >= 15 is 0 Å². The Labute approximate surface area is 96.6 Å². The number of aromatic nitrogens is 2. The van der Waals surface area contributed by atoms with Crippen molar-refractivity contribution in [2.45, 2.75) is 18.8 Å². The molecule has 1 aromatic heterocycles. The van der Waals surface area contributed by atoms with Gasteiger partial charge >= 0.3 is 5.97 Å². The number of fused-ring (bicyclic) bond motifs is 1. The molecule has 1 aliphatic rings. The van der Waals surface area contributed by atoms with E-state index in [4.69, 9.17) is 23.2 Å². The fraction of sp³-hybridized carbons (Fsp3) is 0.444. The van der Waals surface area contributed by atoms with E-state index in [9.17, 15) is 4.79 Å². The van der Waals surface area contributed by atoms with Crippen LogP contribution in [0.3, 0.4) is 0 Å². The van der Waals surface area contributed by atoms with E-state index in [0.717, 1.165) is 5.56 Å². The van der Waals surface area contributed by atoms with Gasteiger partial charge in [0.05, 0.1) is 18.7 Å². The van der Waals surface area contributed by atoms with Gasteiger partial charge in [-0.2, -0.15) is 0 Å². The molecule has 0 aromatic carbocycles. The Morgan fingerprint density at radius 1 is 1.47 bits per heavy atom. The number of nitrogens with zero attached hydrogens (tertiary/aromatic N) is 2. The van der Waals surface area contributed by atoms with Crippen LogP contribution in [0.25, 0.3) is 0 Å². The second kappa shape index (κ2) is 3.94. The van der Waals surface area contributed by atoms with Crippen LogP contribution in [0.4, 0.5) is 0 Å². The molecule has 1 aliphatic carbocycles. The van der Waals surface area contributed by atoms with Crippen LogP contribution in [-0.2, 0) is 16.0 Å². The van der Waals surface area contributed by atoms with Crippen molar-refractivity contribution in [3.8, 4) is 0 Å². The van der Waals surface area contributed by atoms with Crippen molar-refractivity contribution in [3.05, 3.63) is 21.7 Å². The molecule has 4 nitrogen and oxygen atoms in total. The van der Waals surface area contributed by atoms with Crippen molar-refractivity contribution in [2.75, 3.05) is 7.11 Å². The Morgan fingerprint density at radius 3 is 2.87 bits per heavy atom. The van der Waals surface area contributed by atoms with Crippen LogP contribution in [0.5, 0.6) is 0 Å². The summed E-state index contributed by atoms with van der Waals surface area (Å²) in [6, 6.07) is 0. The quantitative estimate of drug-likeness (QED) is 0.432. The minimum atomic E-state index is -0.358. The number of ether oxygens (including phenoxy) is 1. The molecule has 0 spiro atoms. The van der Waals surface area contributed by atoms with Gasteiger partial charge in [-0.05, 0) is 24.4 Å². The monoisotopic (exact) mass is 246 g/mol. The van der Waals surface area contributed by atoms with Crippen molar-refractivity contribution in [3.63, 3.8) is 0 Å². The Bertz CT molecular complexity index is 423. The van der Waals surface area contributed by atoms with Gasteiger partial charge in [0.1, 0.15) is 5.15 Å². The summed E-state index contributed by atoms with van der Waals surface area (Å²) in [6.45, 7) is 0. The van der Waals surface area contributed by atoms with Gasteiger partial charge in [-0.15, -0.1) is 0 Å². The summed E-state index contributed by atoms with van der Waals surface area (Å²) >= 11 is 11.6. The number of carbonyl (C=O) groups excluding carboxylic acids is 1. The van der Waals surface area contributed by atoms with Crippen molar-refractivity contribution in [2.24, 2.45) is 0 Å². The molecule has 0 bridgehead atoms. The molecule has 15 heavy (non-hydrogen) atoms. The molecule has 0 aliphatic heterocycles. The molecule has 6 heteroatoms. The normalized spacial score (nSPS) is 18.7. The number of hydrogen-bond donors (Lipinski definition) is 0. The minimum absolute atomic E-state index is 0.0644. The average molecular weight is 247 g/mol. The van der Waals surface area contributed by atoms with Crippen molar-refractivity contribution in [1.82, 2.24) is 9.97 Å². The van der Waals surface area contributed by atoms with Crippen LogP contribution < -0.4 is 0 Å². The lowest BCUT2D eigenvalue weighted by atomic mass is 10.1. The predicted octanol–water partition coefficient (Wildman–Crippen LogP) is 1.99. The number of hydrogen-bond acceptors (Lipinski definition) is 4. The number of esters is 1. The average Bonchev–Trinajstić information content (AvgIpc) is 2.60. The molecular weight excluding hydrogens is 239 g/mol. The van der Waals surface area contributed by atoms with Crippen LogP contribution in [0.2, 0.25) is 10.4 Å². The maximum atomic E-state index is 11.4. The second-order valence-corrected chi connectivity index (χ2v) is 3.96. The van der Waals surface area contributed by atoms with Crippen LogP contribution in [0.1, 0.15) is 23.6 Å². The molecule has 0 fully saturated rings. The van der Waals surface area contributed by atoms with E-state index in [0.29, 0.717) is 23.7 Å². The fourth-order valence-electron chi connectivity index (χ4n) is 1.76. The van der Waals surface area contributed by atoms with Gasteiger partial charge in [0.2, 0.25) is 5.28 Å². The van der Waals surface area contributed by atoms with Crippen LogP contribution in [-0.4, -0.2) is 23.0 Å². The van der Waals surface area contributed by atoms with E-state index < -0.39 is 0 Å². The summed E-state index contributed by atoms with van der Waals surface area (Å²) in [4.78, 5) is 19.3. The molecule has 0 N–H and O–H groups in total. The van der Waals surface area contributed by atoms with E-state index in [2.05, 4.69) is 14.7 Å². The van der Waals surface area contributed by atoms with Gasteiger partial charge in [-0.3, -0.25) is 4.79 Å². The number of methoxy groups -OCH3 is 1. The van der Waals surface area contributed by atoms with Gasteiger partial charge in [0, 0.05) is 5.56 Å². The standard InChI is InChI=1S/C9H8Cl2N2O2/c1-15-8(14)5-3-2-4-6(5)12-9(11)13-7(4)10/h5H,2-3H2,1H3. The predicted molar refractivity (Wildman–Crippen MR) is 55.1 cm³/mol. The first kappa shape index (κ1) is 10.6. The zero-order valence-electron chi connectivity index (χ0n) is 7.96. The van der Waals surface area contributed by atoms with Crippen molar-refractivity contribution >= 4 is 29.2 Å². The molecular formula is C9H8Cl2N2O2. The van der Waals surface area contributed by atoms with Crippen molar-refractivity contribution < 1.29 is 9.53 Å². The van der Waals surface area contributed by atoms with Crippen LogP contribution in [0.15, 0.2) is 0 Å². The highest BCUT2D eigenvalue weighted by Crippen LogP contribution is 2.36. The van der Waals surface area contributed by atoms with Gasteiger partial charge in [0.25, 0.3) is 0 Å². The summed E-state index contributed by atoms with van der Waals surface area (Å²) < 4.78 is 4.69. The first-order valence-electron chi connectivity index (χ1n) is 4.43. The molecule has 1 atom stereocenters. The Hall–Kier alpha value is -0.870. The SMILES string of the molecule is COC(=O)C1CCc2c(Cl)nc(Cl)nc21. The summed E-state index contributed by atoms with van der Waals surface area (Å²) in [7, 11) is 1.35. The highest BCUT2D eigenvalue weighted by molar-refractivity contribution is 6.32. The highest BCUT2D eigenvalue weighted by Gasteiger charge is 2.33. The fourth-order valence-corrected chi connectivity index (χ4v) is 2.25. The summed E-state index contributed by atoms with van der Waals surface area (Å²) in [5.41, 5.74) is 1.41. The number of halogens is 2. The lowest BCUT2D eigenvalue weighted by Gasteiger charge is -2.07. The summed E-state index contributed by atoms with van der Waals surface area (Å²) in [5.74, 6) is -0.664. The Morgan fingerprint density at radius 2 is 2.20 bits per heavy atom. The zero-order chi connectivity index (χ0) is 11.0. The molecule has 1 aromatic rings. The second-order valence-electron chi connectivity index (χ2n) is 3.26. The van der Waals surface area contributed by atoms with Gasteiger partial charge in [-0.1, -0.05) is 11.6 Å². The molecule has 0 saturated carbocycles.